The fraction of sp³-hybridized carbons (Fsp3) is 0.375. The summed E-state index contributed by atoms with van der Waals surface area (Å²) in [7, 11) is 2.22. The standard InChI is InChI=1S/C16H17NO/c1-17-9-13-6-12(7-14(13)10-17)16-8-11-4-2-3-5-15(11)18-16/h2-6,8,13-14H,7,9-10H2,1H3. The third-order valence-corrected chi connectivity index (χ3v) is 4.31. The van der Waals surface area contributed by atoms with Gasteiger partial charge in [0, 0.05) is 18.5 Å². The minimum atomic E-state index is 0.734. The summed E-state index contributed by atoms with van der Waals surface area (Å²) in [5.74, 6) is 2.62. The fourth-order valence-electron chi connectivity index (χ4n) is 3.46. The first-order chi connectivity index (χ1) is 8.79. The molecule has 0 N–H and O–H groups in total. The van der Waals surface area contributed by atoms with E-state index < -0.39 is 0 Å². The molecule has 0 spiro atoms. The summed E-state index contributed by atoms with van der Waals surface area (Å²) < 4.78 is 5.96. The average Bonchev–Trinajstić information content (AvgIpc) is 2.98. The molecule has 1 saturated heterocycles. The summed E-state index contributed by atoms with van der Waals surface area (Å²) in [5.41, 5.74) is 2.41. The van der Waals surface area contributed by atoms with Crippen molar-refractivity contribution in [3.05, 3.63) is 42.2 Å². The molecule has 1 fully saturated rings. The largest absolute Gasteiger partial charge is 0.456 e. The number of rotatable bonds is 1. The summed E-state index contributed by atoms with van der Waals surface area (Å²) in [6.45, 7) is 2.43. The smallest absolute Gasteiger partial charge is 0.134 e. The lowest BCUT2D eigenvalue weighted by Gasteiger charge is -2.08. The van der Waals surface area contributed by atoms with E-state index in [-0.39, 0.29) is 0 Å². The van der Waals surface area contributed by atoms with Crippen LogP contribution in [0.1, 0.15) is 12.2 Å². The SMILES string of the molecule is CN1CC2C=C(c3cc4ccccc4o3)CC2C1. The Kier molecular flexibility index (Phi) is 2.15. The van der Waals surface area contributed by atoms with E-state index in [1.54, 1.807) is 0 Å². The molecule has 4 rings (SSSR count). The zero-order chi connectivity index (χ0) is 12.1. The lowest BCUT2D eigenvalue weighted by molar-refractivity contribution is 0.395. The van der Waals surface area contributed by atoms with Crippen LogP contribution in [-0.2, 0) is 0 Å². The molecule has 1 aromatic carbocycles. The van der Waals surface area contributed by atoms with Gasteiger partial charge in [-0.15, -0.1) is 0 Å². The molecule has 2 aromatic rings. The monoisotopic (exact) mass is 239 g/mol. The van der Waals surface area contributed by atoms with Gasteiger partial charge in [-0.2, -0.15) is 0 Å². The third kappa shape index (κ3) is 1.52. The van der Waals surface area contributed by atoms with E-state index in [1.165, 1.54) is 30.5 Å². The molecule has 2 heteroatoms. The molecule has 2 atom stereocenters. The number of nitrogens with zero attached hydrogens (tertiary/aromatic N) is 1. The van der Waals surface area contributed by atoms with E-state index in [0.29, 0.717) is 0 Å². The van der Waals surface area contributed by atoms with E-state index in [4.69, 9.17) is 4.42 Å². The molecule has 18 heavy (non-hydrogen) atoms. The van der Waals surface area contributed by atoms with Crippen LogP contribution >= 0.6 is 0 Å². The number of likely N-dealkylation sites (tertiary alicyclic amines) is 1. The summed E-state index contributed by atoms with van der Waals surface area (Å²) >= 11 is 0. The van der Waals surface area contributed by atoms with Gasteiger partial charge in [-0.3, -0.25) is 0 Å². The fourth-order valence-corrected chi connectivity index (χ4v) is 3.46. The quantitative estimate of drug-likeness (QED) is 0.758. The van der Waals surface area contributed by atoms with Crippen LogP contribution < -0.4 is 0 Å². The second-order valence-electron chi connectivity index (χ2n) is 5.69. The van der Waals surface area contributed by atoms with Crippen molar-refractivity contribution >= 4 is 16.5 Å². The molecule has 1 aliphatic carbocycles. The van der Waals surface area contributed by atoms with Crippen molar-refractivity contribution in [2.45, 2.75) is 6.42 Å². The van der Waals surface area contributed by atoms with Gasteiger partial charge in [0.25, 0.3) is 0 Å². The summed E-state index contributed by atoms with van der Waals surface area (Å²) in [6.07, 6.45) is 3.61. The number of benzene rings is 1. The number of hydrogen-bond acceptors (Lipinski definition) is 2. The van der Waals surface area contributed by atoms with E-state index in [9.17, 15) is 0 Å². The number of fused-ring (bicyclic) bond motifs is 2. The first kappa shape index (κ1) is 10.4. The average molecular weight is 239 g/mol. The van der Waals surface area contributed by atoms with Crippen molar-refractivity contribution in [1.82, 2.24) is 4.90 Å². The van der Waals surface area contributed by atoms with E-state index in [2.05, 4.69) is 36.2 Å². The molecule has 2 unspecified atom stereocenters. The number of furan rings is 1. The highest BCUT2D eigenvalue weighted by Gasteiger charge is 2.35. The maximum Gasteiger partial charge on any atom is 0.134 e. The van der Waals surface area contributed by atoms with Gasteiger partial charge in [-0.05, 0) is 43.0 Å². The van der Waals surface area contributed by atoms with Crippen molar-refractivity contribution in [2.24, 2.45) is 11.8 Å². The van der Waals surface area contributed by atoms with Gasteiger partial charge in [0.1, 0.15) is 11.3 Å². The predicted octanol–water partition coefficient (Wildman–Crippen LogP) is 3.40. The molecule has 1 aromatic heterocycles. The molecule has 0 amide bonds. The highest BCUT2D eigenvalue weighted by Crippen LogP contribution is 2.41. The first-order valence-corrected chi connectivity index (χ1v) is 6.68. The van der Waals surface area contributed by atoms with Gasteiger partial charge in [0.2, 0.25) is 0 Å². The Morgan fingerprint density at radius 2 is 2.11 bits per heavy atom. The minimum absolute atomic E-state index is 0.734. The maximum atomic E-state index is 5.96. The second-order valence-corrected chi connectivity index (χ2v) is 5.69. The van der Waals surface area contributed by atoms with Gasteiger partial charge < -0.3 is 9.32 Å². The van der Waals surface area contributed by atoms with Crippen molar-refractivity contribution in [3.8, 4) is 0 Å². The molecule has 0 saturated carbocycles. The molecule has 1 aliphatic heterocycles. The zero-order valence-corrected chi connectivity index (χ0v) is 10.6. The third-order valence-electron chi connectivity index (χ3n) is 4.31. The Hall–Kier alpha value is -1.54. The van der Waals surface area contributed by atoms with Crippen LogP contribution in [0.25, 0.3) is 16.5 Å². The lowest BCUT2D eigenvalue weighted by Crippen LogP contribution is -2.14. The normalized spacial score (nSPS) is 27.7. The maximum absolute atomic E-state index is 5.96. The van der Waals surface area contributed by atoms with Gasteiger partial charge in [0.05, 0.1) is 0 Å². The zero-order valence-electron chi connectivity index (χ0n) is 10.6. The molecule has 2 nitrogen and oxygen atoms in total. The Morgan fingerprint density at radius 1 is 1.22 bits per heavy atom. The Bertz CT molecular complexity index is 592. The van der Waals surface area contributed by atoms with Crippen molar-refractivity contribution < 1.29 is 4.42 Å². The van der Waals surface area contributed by atoms with Gasteiger partial charge in [0.15, 0.2) is 0 Å². The highest BCUT2D eigenvalue weighted by molar-refractivity contribution is 5.82. The van der Waals surface area contributed by atoms with Crippen molar-refractivity contribution in [1.29, 1.82) is 0 Å². The first-order valence-electron chi connectivity index (χ1n) is 6.68. The molecular formula is C16H17NO. The van der Waals surface area contributed by atoms with Crippen LogP contribution in [0, 0.1) is 11.8 Å². The topological polar surface area (TPSA) is 16.4 Å². The van der Waals surface area contributed by atoms with Gasteiger partial charge in [-0.25, -0.2) is 0 Å². The van der Waals surface area contributed by atoms with Crippen LogP contribution in [0.15, 0.2) is 40.8 Å². The predicted molar refractivity (Wildman–Crippen MR) is 73.3 cm³/mol. The molecule has 92 valence electrons. The van der Waals surface area contributed by atoms with E-state index >= 15 is 0 Å². The van der Waals surface area contributed by atoms with E-state index in [1.807, 2.05) is 12.1 Å². The minimum Gasteiger partial charge on any atom is -0.456 e. The molecule has 0 radical (unpaired) electrons. The molecular weight excluding hydrogens is 222 g/mol. The van der Waals surface area contributed by atoms with Crippen molar-refractivity contribution in [3.63, 3.8) is 0 Å². The number of hydrogen-bond donors (Lipinski definition) is 0. The Balaban J connectivity index is 1.70. The second kappa shape index (κ2) is 3.72. The molecule has 2 aliphatic rings. The van der Waals surface area contributed by atoms with Crippen LogP contribution in [0.2, 0.25) is 0 Å². The summed E-state index contributed by atoms with van der Waals surface area (Å²) in [5, 5.41) is 1.21. The lowest BCUT2D eigenvalue weighted by atomic mass is 9.99. The van der Waals surface area contributed by atoms with Gasteiger partial charge in [-0.1, -0.05) is 24.3 Å². The molecule has 0 bridgehead atoms. The van der Waals surface area contributed by atoms with Crippen LogP contribution in [0.4, 0.5) is 0 Å². The Morgan fingerprint density at radius 3 is 2.94 bits per heavy atom. The van der Waals surface area contributed by atoms with Crippen LogP contribution in [0.3, 0.4) is 0 Å². The molecule has 2 heterocycles. The highest BCUT2D eigenvalue weighted by atomic mass is 16.3. The van der Waals surface area contributed by atoms with Crippen LogP contribution in [0.5, 0.6) is 0 Å². The number of para-hydroxylation sites is 1. The summed E-state index contributed by atoms with van der Waals surface area (Å²) in [4.78, 5) is 2.43. The number of allylic oxidation sites excluding steroid dienone is 1. The Labute approximate surface area is 107 Å². The summed E-state index contributed by atoms with van der Waals surface area (Å²) in [6, 6.07) is 10.4. The van der Waals surface area contributed by atoms with Crippen LogP contribution in [-0.4, -0.2) is 25.0 Å². The van der Waals surface area contributed by atoms with Gasteiger partial charge >= 0.3 is 0 Å². The van der Waals surface area contributed by atoms with E-state index in [0.717, 1.165) is 23.2 Å². The van der Waals surface area contributed by atoms with Crippen molar-refractivity contribution in [2.75, 3.05) is 20.1 Å².